The Bertz CT molecular complexity index is 453. The van der Waals surface area contributed by atoms with Crippen molar-refractivity contribution in [3.05, 3.63) is 29.8 Å². The Morgan fingerprint density at radius 2 is 2.00 bits per heavy atom. The molecule has 0 saturated carbocycles. The molecule has 0 radical (unpaired) electrons. The fraction of sp³-hybridized carbons (Fsp3) is 0.562. The van der Waals surface area contributed by atoms with Crippen LogP contribution in [0.1, 0.15) is 31.4 Å². The minimum absolute atomic E-state index is 0.00421. The van der Waals surface area contributed by atoms with Crippen molar-refractivity contribution in [1.82, 2.24) is 10.2 Å². The van der Waals surface area contributed by atoms with E-state index in [1.165, 1.54) is 0 Å². The summed E-state index contributed by atoms with van der Waals surface area (Å²) in [6.07, 6.45) is 1.95. The molecule has 0 bridgehead atoms. The van der Waals surface area contributed by atoms with Crippen LogP contribution in [0.15, 0.2) is 24.3 Å². The molecule has 3 N–H and O–H groups in total. The molecule has 1 aliphatic heterocycles. The average molecular weight is 291 g/mol. The number of nitrogens with two attached hydrogens (primary N) is 1. The summed E-state index contributed by atoms with van der Waals surface area (Å²) >= 11 is 0. The van der Waals surface area contributed by atoms with Crippen molar-refractivity contribution in [2.24, 2.45) is 5.73 Å². The maximum Gasteiger partial charge on any atom is 0.234 e. The standard InChI is InChI=1S/C16H25N3O2/c1-12(13-3-5-15(21-2)6-4-13)18-16(20)11-19-9-7-14(17)8-10-19/h3-6,12,14H,7-11,17H2,1-2H3,(H,18,20)/t12-/m1/s1. The largest absolute Gasteiger partial charge is 0.497 e. The summed E-state index contributed by atoms with van der Waals surface area (Å²) < 4.78 is 5.13. The molecule has 1 aromatic rings. The van der Waals surface area contributed by atoms with E-state index in [0.717, 1.165) is 37.2 Å². The molecule has 1 atom stereocenters. The number of ether oxygens (including phenoxy) is 1. The van der Waals surface area contributed by atoms with Gasteiger partial charge in [0, 0.05) is 19.1 Å². The highest BCUT2D eigenvalue weighted by Gasteiger charge is 2.19. The summed E-state index contributed by atoms with van der Waals surface area (Å²) in [6.45, 7) is 4.26. The second-order valence-electron chi connectivity index (χ2n) is 5.68. The number of benzene rings is 1. The third-order valence-electron chi connectivity index (χ3n) is 3.99. The highest BCUT2D eigenvalue weighted by molar-refractivity contribution is 5.78. The van der Waals surface area contributed by atoms with Crippen molar-refractivity contribution in [3.63, 3.8) is 0 Å². The Morgan fingerprint density at radius 1 is 1.38 bits per heavy atom. The monoisotopic (exact) mass is 291 g/mol. The van der Waals surface area contributed by atoms with Gasteiger partial charge in [-0.05, 0) is 37.5 Å². The van der Waals surface area contributed by atoms with E-state index in [1.54, 1.807) is 7.11 Å². The first-order chi connectivity index (χ1) is 10.1. The number of methoxy groups -OCH3 is 1. The van der Waals surface area contributed by atoms with Crippen LogP contribution in [0.25, 0.3) is 0 Å². The zero-order valence-corrected chi connectivity index (χ0v) is 12.8. The molecule has 0 aromatic heterocycles. The summed E-state index contributed by atoms with van der Waals surface area (Å²) in [5.41, 5.74) is 6.94. The summed E-state index contributed by atoms with van der Waals surface area (Å²) in [5.74, 6) is 0.885. The van der Waals surface area contributed by atoms with Gasteiger partial charge in [-0.2, -0.15) is 0 Å². The van der Waals surface area contributed by atoms with E-state index in [0.29, 0.717) is 12.6 Å². The van der Waals surface area contributed by atoms with Crippen LogP contribution in [0, 0.1) is 0 Å². The molecule has 1 amide bonds. The number of carbonyl (C=O) groups excluding carboxylic acids is 1. The summed E-state index contributed by atoms with van der Waals surface area (Å²) in [7, 11) is 1.64. The van der Waals surface area contributed by atoms with E-state index in [-0.39, 0.29) is 11.9 Å². The molecular formula is C16H25N3O2. The van der Waals surface area contributed by atoms with Crippen molar-refractivity contribution < 1.29 is 9.53 Å². The van der Waals surface area contributed by atoms with Gasteiger partial charge in [0.1, 0.15) is 5.75 Å². The number of amides is 1. The number of nitrogens with one attached hydrogen (secondary N) is 1. The van der Waals surface area contributed by atoms with Gasteiger partial charge >= 0.3 is 0 Å². The molecule has 0 spiro atoms. The van der Waals surface area contributed by atoms with E-state index in [1.807, 2.05) is 31.2 Å². The normalized spacial score (nSPS) is 18.2. The quantitative estimate of drug-likeness (QED) is 0.858. The van der Waals surface area contributed by atoms with Crippen molar-refractivity contribution in [2.45, 2.75) is 31.8 Å². The Kier molecular flexibility index (Phi) is 5.59. The van der Waals surface area contributed by atoms with Crippen LogP contribution in [0.2, 0.25) is 0 Å². The van der Waals surface area contributed by atoms with Crippen LogP contribution in [-0.2, 0) is 4.79 Å². The zero-order chi connectivity index (χ0) is 15.2. The molecule has 1 saturated heterocycles. The van der Waals surface area contributed by atoms with Gasteiger partial charge in [0.05, 0.1) is 19.7 Å². The van der Waals surface area contributed by atoms with Gasteiger partial charge in [-0.3, -0.25) is 9.69 Å². The zero-order valence-electron chi connectivity index (χ0n) is 12.8. The molecule has 1 aromatic carbocycles. The van der Waals surface area contributed by atoms with Crippen LogP contribution in [-0.4, -0.2) is 43.6 Å². The van der Waals surface area contributed by atoms with Crippen molar-refractivity contribution in [2.75, 3.05) is 26.7 Å². The number of hydrogen-bond donors (Lipinski definition) is 2. The fourth-order valence-electron chi connectivity index (χ4n) is 2.58. The number of carbonyl (C=O) groups is 1. The van der Waals surface area contributed by atoms with E-state index in [9.17, 15) is 4.79 Å². The highest BCUT2D eigenvalue weighted by atomic mass is 16.5. The van der Waals surface area contributed by atoms with Crippen molar-refractivity contribution >= 4 is 5.91 Å². The van der Waals surface area contributed by atoms with Crippen LogP contribution in [0.5, 0.6) is 5.75 Å². The molecule has 0 aliphatic carbocycles. The number of piperidine rings is 1. The molecular weight excluding hydrogens is 266 g/mol. The molecule has 1 aliphatic rings. The lowest BCUT2D eigenvalue weighted by atomic mass is 10.1. The summed E-state index contributed by atoms with van der Waals surface area (Å²) in [6, 6.07) is 8.06. The summed E-state index contributed by atoms with van der Waals surface area (Å²) in [5, 5.41) is 3.04. The third kappa shape index (κ3) is 4.72. The molecule has 5 nitrogen and oxygen atoms in total. The van der Waals surface area contributed by atoms with Crippen LogP contribution in [0.4, 0.5) is 0 Å². The lowest BCUT2D eigenvalue weighted by Gasteiger charge is -2.29. The molecule has 116 valence electrons. The molecule has 5 heteroatoms. The maximum absolute atomic E-state index is 12.1. The molecule has 2 rings (SSSR count). The Morgan fingerprint density at radius 3 is 2.57 bits per heavy atom. The van der Waals surface area contributed by atoms with Gasteiger partial charge in [-0.1, -0.05) is 12.1 Å². The summed E-state index contributed by atoms with van der Waals surface area (Å²) in [4.78, 5) is 14.3. The first kappa shape index (κ1) is 15.8. The van der Waals surface area contributed by atoms with Gasteiger partial charge in [0.25, 0.3) is 0 Å². The van der Waals surface area contributed by atoms with E-state index in [4.69, 9.17) is 10.5 Å². The Labute approximate surface area is 126 Å². The van der Waals surface area contributed by atoms with E-state index >= 15 is 0 Å². The Hall–Kier alpha value is -1.59. The molecule has 1 heterocycles. The average Bonchev–Trinajstić information content (AvgIpc) is 2.49. The van der Waals surface area contributed by atoms with Gasteiger partial charge in [-0.15, -0.1) is 0 Å². The fourth-order valence-corrected chi connectivity index (χ4v) is 2.58. The first-order valence-electron chi connectivity index (χ1n) is 7.49. The SMILES string of the molecule is COc1ccc([C@@H](C)NC(=O)CN2CCC(N)CC2)cc1. The third-order valence-corrected chi connectivity index (χ3v) is 3.99. The number of rotatable bonds is 5. The lowest BCUT2D eigenvalue weighted by Crippen LogP contribution is -2.44. The topological polar surface area (TPSA) is 67.6 Å². The van der Waals surface area contributed by atoms with Crippen molar-refractivity contribution in [3.8, 4) is 5.75 Å². The second kappa shape index (κ2) is 7.43. The smallest absolute Gasteiger partial charge is 0.234 e. The Balaban J connectivity index is 1.81. The van der Waals surface area contributed by atoms with E-state index < -0.39 is 0 Å². The number of hydrogen-bond acceptors (Lipinski definition) is 4. The minimum Gasteiger partial charge on any atom is -0.497 e. The van der Waals surface area contributed by atoms with Crippen molar-refractivity contribution in [1.29, 1.82) is 0 Å². The number of nitrogens with zero attached hydrogens (tertiary/aromatic N) is 1. The first-order valence-corrected chi connectivity index (χ1v) is 7.49. The maximum atomic E-state index is 12.1. The van der Waals surface area contributed by atoms with Crippen LogP contribution < -0.4 is 15.8 Å². The molecule has 0 unspecified atom stereocenters. The number of likely N-dealkylation sites (tertiary alicyclic amines) is 1. The van der Waals surface area contributed by atoms with Gasteiger partial charge < -0.3 is 15.8 Å². The lowest BCUT2D eigenvalue weighted by molar-refractivity contribution is -0.123. The van der Waals surface area contributed by atoms with Crippen LogP contribution in [0.3, 0.4) is 0 Å². The second-order valence-corrected chi connectivity index (χ2v) is 5.68. The van der Waals surface area contributed by atoms with Gasteiger partial charge in [0.15, 0.2) is 0 Å². The van der Waals surface area contributed by atoms with Gasteiger partial charge in [-0.25, -0.2) is 0 Å². The molecule has 1 fully saturated rings. The predicted molar refractivity (Wildman–Crippen MR) is 83.2 cm³/mol. The van der Waals surface area contributed by atoms with Gasteiger partial charge in [0.2, 0.25) is 5.91 Å². The predicted octanol–water partition coefficient (Wildman–Crippen LogP) is 1.30. The molecule has 21 heavy (non-hydrogen) atoms. The van der Waals surface area contributed by atoms with E-state index in [2.05, 4.69) is 10.2 Å². The minimum atomic E-state index is -0.00421. The highest BCUT2D eigenvalue weighted by Crippen LogP contribution is 2.17. The van der Waals surface area contributed by atoms with Crippen LogP contribution >= 0.6 is 0 Å².